The number of benzene rings is 1. The SMILES string of the molecule is CCC1(C(=O)O)CSC(Cc2ccc(C)cc2)=N1. The van der Waals surface area contributed by atoms with Crippen molar-refractivity contribution in [3.8, 4) is 0 Å². The lowest BCUT2D eigenvalue weighted by molar-refractivity contribution is -0.142. The van der Waals surface area contributed by atoms with Gasteiger partial charge in [-0.05, 0) is 18.9 Å². The lowest BCUT2D eigenvalue weighted by Crippen LogP contribution is -2.36. The Morgan fingerprint density at radius 2 is 2.11 bits per heavy atom. The Morgan fingerprint density at radius 3 is 2.61 bits per heavy atom. The summed E-state index contributed by atoms with van der Waals surface area (Å²) in [6.45, 7) is 3.94. The van der Waals surface area contributed by atoms with Crippen molar-refractivity contribution in [2.24, 2.45) is 4.99 Å². The summed E-state index contributed by atoms with van der Waals surface area (Å²) in [5.41, 5.74) is 1.52. The molecule has 1 unspecified atom stereocenters. The van der Waals surface area contributed by atoms with Gasteiger partial charge in [0.1, 0.15) is 0 Å². The van der Waals surface area contributed by atoms with Gasteiger partial charge in [-0.25, -0.2) is 4.79 Å². The number of aryl methyl sites for hydroxylation is 1. The van der Waals surface area contributed by atoms with Gasteiger partial charge in [-0.2, -0.15) is 0 Å². The van der Waals surface area contributed by atoms with E-state index >= 15 is 0 Å². The van der Waals surface area contributed by atoms with Crippen molar-refractivity contribution in [3.05, 3.63) is 35.4 Å². The number of hydrogen-bond donors (Lipinski definition) is 1. The summed E-state index contributed by atoms with van der Waals surface area (Å²) >= 11 is 1.57. The van der Waals surface area contributed by atoms with Crippen LogP contribution in [-0.2, 0) is 11.2 Å². The molecule has 0 fully saturated rings. The summed E-state index contributed by atoms with van der Waals surface area (Å²) in [7, 11) is 0. The minimum absolute atomic E-state index is 0.548. The van der Waals surface area contributed by atoms with E-state index in [0.717, 1.165) is 11.5 Å². The van der Waals surface area contributed by atoms with Gasteiger partial charge in [-0.3, -0.25) is 4.99 Å². The molecular weight excluding hydrogens is 246 g/mol. The van der Waals surface area contributed by atoms with Crippen LogP contribution in [0.3, 0.4) is 0 Å². The van der Waals surface area contributed by atoms with Crippen molar-refractivity contribution in [2.45, 2.75) is 32.2 Å². The normalized spacial score (nSPS) is 22.9. The molecule has 2 rings (SSSR count). The predicted molar refractivity (Wildman–Crippen MR) is 75.4 cm³/mol. The third-order valence-electron chi connectivity index (χ3n) is 3.28. The Bertz CT molecular complexity index is 481. The average Bonchev–Trinajstić information content (AvgIpc) is 2.77. The molecule has 4 heteroatoms. The van der Waals surface area contributed by atoms with E-state index in [-0.39, 0.29) is 0 Å². The van der Waals surface area contributed by atoms with Crippen LogP contribution < -0.4 is 0 Å². The zero-order valence-corrected chi connectivity index (χ0v) is 11.5. The second-order valence-corrected chi connectivity index (χ2v) is 5.70. The van der Waals surface area contributed by atoms with Crippen molar-refractivity contribution >= 4 is 22.8 Å². The number of nitrogens with zero attached hydrogens (tertiary/aromatic N) is 1. The van der Waals surface area contributed by atoms with Gasteiger partial charge in [0, 0.05) is 12.2 Å². The van der Waals surface area contributed by atoms with Gasteiger partial charge >= 0.3 is 5.97 Å². The van der Waals surface area contributed by atoms with Crippen molar-refractivity contribution in [3.63, 3.8) is 0 Å². The summed E-state index contributed by atoms with van der Waals surface area (Å²) < 4.78 is 0. The van der Waals surface area contributed by atoms with Crippen LogP contribution in [0.5, 0.6) is 0 Å². The van der Waals surface area contributed by atoms with E-state index in [2.05, 4.69) is 36.2 Å². The first kappa shape index (κ1) is 13.1. The molecule has 96 valence electrons. The third kappa shape index (κ3) is 2.58. The molecule has 0 saturated heterocycles. The van der Waals surface area contributed by atoms with Gasteiger partial charge in [-0.1, -0.05) is 36.8 Å². The van der Waals surface area contributed by atoms with E-state index in [9.17, 15) is 9.90 Å². The van der Waals surface area contributed by atoms with E-state index in [1.54, 1.807) is 11.8 Å². The van der Waals surface area contributed by atoms with E-state index in [4.69, 9.17) is 0 Å². The van der Waals surface area contributed by atoms with Gasteiger partial charge in [0.15, 0.2) is 5.54 Å². The minimum atomic E-state index is -0.898. The molecule has 1 atom stereocenters. The lowest BCUT2D eigenvalue weighted by atomic mass is 10.0. The number of aliphatic carboxylic acids is 1. The maximum absolute atomic E-state index is 11.3. The maximum Gasteiger partial charge on any atom is 0.332 e. The highest BCUT2D eigenvalue weighted by Gasteiger charge is 2.41. The fourth-order valence-corrected chi connectivity index (χ4v) is 3.22. The lowest BCUT2D eigenvalue weighted by Gasteiger charge is -2.16. The molecule has 0 spiro atoms. The highest BCUT2D eigenvalue weighted by Crippen LogP contribution is 2.32. The standard InChI is InChI=1S/C14H17NO2S/c1-3-14(13(16)17)9-18-12(15-14)8-11-6-4-10(2)5-7-11/h4-7H,3,8-9H2,1-2H3,(H,16,17). The minimum Gasteiger partial charge on any atom is -0.479 e. The number of rotatable bonds is 4. The third-order valence-corrected chi connectivity index (χ3v) is 4.47. The summed E-state index contributed by atoms with van der Waals surface area (Å²) in [6, 6.07) is 8.29. The van der Waals surface area contributed by atoms with Crippen LogP contribution in [-0.4, -0.2) is 27.4 Å². The second kappa shape index (κ2) is 5.14. The molecule has 0 aliphatic carbocycles. The molecule has 0 bridgehead atoms. The van der Waals surface area contributed by atoms with Crippen LogP contribution in [0.1, 0.15) is 24.5 Å². The summed E-state index contributed by atoms with van der Waals surface area (Å²) in [4.78, 5) is 15.7. The molecule has 1 aromatic rings. The quantitative estimate of drug-likeness (QED) is 0.908. The fraction of sp³-hybridized carbons (Fsp3) is 0.429. The molecule has 1 heterocycles. The Labute approximate surface area is 111 Å². The van der Waals surface area contributed by atoms with Gasteiger partial charge in [0.2, 0.25) is 0 Å². The summed E-state index contributed by atoms with van der Waals surface area (Å²) in [6.07, 6.45) is 1.28. The monoisotopic (exact) mass is 263 g/mol. The molecule has 1 aliphatic heterocycles. The van der Waals surface area contributed by atoms with Gasteiger partial charge in [0.25, 0.3) is 0 Å². The van der Waals surface area contributed by atoms with Crippen molar-refractivity contribution < 1.29 is 9.90 Å². The predicted octanol–water partition coefficient (Wildman–Crippen LogP) is 2.92. The second-order valence-electron chi connectivity index (χ2n) is 4.65. The van der Waals surface area contributed by atoms with Crippen LogP contribution in [0.2, 0.25) is 0 Å². The molecule has 0 amide bonds. The molecule has 3 nitrogen and oxygen atoms in total. The Morgan fingerprint density at radius 1 is 1.44 bits per heavy atom. The van der Waals surface area contributed by atoms with Gasteiger partial charge < -0.3 is 5.11 Å². The molecule has 1 N–H and O–H groups in total. The molecule has 0 aromatic heterocycles. The van der Waals surface area contributed by atoms with Gasteiger partial charge in [0.05, 0.1) is 5.04 Å². The smallest absolute Gasteiger partial charge is 0.332 e. The van der Waals surface area contributed by atoms with Crippen LogP contribution in [0.15, 0.2) is 29.3 Å². The maximum atomic E-state index is 11.3. The summed E-state index contributed by atoms with van der Waals surface area (Å²) in [5, 5.41) is 10.2. The van der Waals surface area contributed by atoms with E-state index in [1.165, 1.54) is 11.1 Å². The first-order valence-corrected chi connectivity index (χ1v) is 7.05. The number of thioether (sulfide) groups is 1. The molecule has 1 aliphatic rings. The average molecular weight is 263 g/mol. The topological polar surface area (TPSA) is 49.7 Å². The van der Waals surface area contributed by atoms with E-state index < -0.39 is 11.5 Å². The zero-order valence-electron chi connectivity index (χ0n) is 10.6. The van der Waals surface area contributed by atoms with Crippen molar-refractivity contribution in [1.82, 2.24) is 0 Å². The number of carboxylic acids is 1. The Balaban J connectivity index is 2.14. The first-order valence-electron chi connectivity index (χ1n) is 6.06. The van der Waals surface area contributed by atoms with E-state index in [1.807, 2.05) is 6.92 Å². The van der Waals surface area contributed by atoms with Crippen LogP contribution in [0, 0.1) is 6.92 Å². The molecule has 18 heavy (non-hydrogen) atoms. The first-order chi connectivity index (χ1) is 8.55. The molecule has 0 radical (unpaired) electrons. The van der Waals surface area contributed by atoms with E-state index in [0.29, 0.717) is 12.2 Å². The highest BCUT2D eigenvalue weighted by atomic mass is 32.2. The van der Waals surface area contributed by atoms with Gasteiger partial charge in [-0.15, -0.1) is 11.8 Å². The fourth-order valence-electron chi connectivity index (χ4n) is 1.92. The molecule has 0 saturated carbocycles. The largest absolute Gasteiger partial charge is 0.479 e. The number of hydrogen-bond acceptors (Lipinski definition) is 3. The Hall–Kier alpha value is -1.29. The molecule has 1 aromatic carbocycles. The highest BCUT2D eigenvalue weighted by molar-refractivity contribution is 8.14. The van der Waals surface area contributed by atoms with Crippen LogP contribution in [0.4, 0.5) is 0 Å². The number of aliphatic imine (C=N–C) groups is 1. The Kier molecular flexibility index (Phi) is 3.76. The zero-order chi connectivity index (χ0) is 13.2. The molecular formula is C14H17NO2S. The summed E-state index contributed by atoms with van der Waals surface area (Å²) in [5.74, 6) is -0.253. The van der Waals surface area contributed by atoms with Crippen molar-refractivity contribution in [1.29, 1.82) is 0 Å². The van der Waals surface area contributed by atoms with Crippen LogP contribution in [0.25, 0.3) is 0 Å². The van der Waals surface area contributed by atoms with Crippen molar-refractivity contribution in [2.75, 3.05) is 5.75 Å². The van der Waals surface area contributed by atoms with Crippen LogP contribution >= 0.6 is 11.8 Å². The number of carboxylic acid groups (broad SMARTS) is 1. The number of carbonyl (C=O) groups is 1.